The lowest BCUT2D eigenvalue weighted by molar-refractivity contribution is -0.138. The van der Waals surface area contributed by atoms with Crippen LogP contribution in [0.2, 0.25) is 0 Å². The van der Waals surface area contributed by atoms with Crippen molar-refractivity contribution in [2.45, 2.75) is 46.0 Å². The van der Waals surface area contributed by atoms with Crippen molar-refractivity contribution in [2.75, 3.05) is 32.7 Å². The van der Waals surface area contributed by atoms with Gasteiger partial charge >= 0.3 is 0 Å². The number of Topliss-reactive ketones (excluding diaryl/α,β-unsaturated/α-hetero) is 1. The number of aryl methyl sites for hydroxylation is 2. The molecular weight excluding hydrogens is 312 g/mol. The molecule has 3 rings (SSSR count). The molecule has 1 aliphatic heterocycles. The van der Waals surface area contributed by atoms with Crippen molar-refractivity contribution >= 4 is 11.7 Å². The van der Waals surface area contributed by atoms with Gasteiger partial charge in [-0.25, -0.2) is 0 Å². The Morgan fingerprint density at radius 2 is 1.68 bits per heavy atom. The second kappa shape index (κ2) is 8.13. The van der Waals surface area contributed by atoms with E-state index in [9.17, 15) is 9.59 Å². The van der Waals surface area contributed by atoms with Crippen molar-refractivity contribution in [3.63, 3.8) is 0 Å². The first-order valence-electron chi connectivity index (χ1n) is 9.66. The van der Waals surface area contributed by atoms with Crippen LogP contribution < -0.4 is 0 Å². The van der Waals surface area contributed by atoms with E-state index in [0.717, 1.165) is 55.7 Å². The molecule has 1 aromatic carbocycles. The summed E-state index contributed by atoms with van der Waals surface area (Å²) in [5.41, 5.74) is 3.00. The van der Waals surface area contributed by atoms with Gasteiger partial charge in [-0.05, 0) is 38.3 Å². The summed E-state index contributed by atoms with van der Waals surface area (Å²) in [7, 11) is 0. The van der Waals surface area contributed by atoms with Crippen LogP contribution >= 0.6 is 0 Å². The van der Waals surface area contributed by atoms with Crippen molar-refractivity contribution in [2.24, 2.45) is 5.92 Å². The minimum absolute atomic E-state index is 0.188. The number of benzene rings is 1. The van der Waals surface area contributed by atoms with Crippen LogP contribution in [0.15, 0.2) is 18.2 Å². The fourth-order valence-electron chi connectivity index (χ4n) is 4.06. The number of hydrogen-bond acceptors (Lipinski definition) is 3. The van der Waals surface area contributed by atoms with Gasteiger partial charge in [0.2, 0.25) is 5.91 Å². The minimum atomic E-state index is 0.188. The van der Waals surface area contributed by atoms with Gasteiger partial charge in [-0.3, -0.25) is 14.5 Å². The minimum Gasteiger partial charge on any atom is -0.340 e. The van der Waals surface area contributed by atoms with Crippen LogP contribution in [0.1, 0.15) is 53.6 Å². The fourth-order valence-corrected chi connectivity index (χ4v) is 4.06. The van der Waals surface area contributed by atoms with E-state index in [0.29, 0.717) is 12.5 Å². The monoisotopic (exact) mass is 342 g/mol. The summed E-state index contributed by atoms with van der Waals surface area (Å²) in [5, 5.41) is 0. The quantitative estimate of drug-likeness (QED) is 0.789. The molecule has 0 bridgehead atoms. The Hall–Kier alpha value is -1.68. The highest BCUT2D eigenvalue weighted by Crippen LogP contribution is 2.25. The Morgan fingerprint density at radius 1 is 1.00 bits per heavy atom. The zero-order chi connectivity index (χ0) is 17.8. The summed E-state index contributed by atoms with van der Waals surface area (Å²) in [5.74, 6) is 0.783. The Labute approximate surface area is 151 Å². The molecule has 2 aliphatic rings. The summed E-state index contributed by atoms with van der Waals surface area (Å²) in [6.45, 7) is 7.59. The summed E-state index contributed by atoms with van der Waals surface area (Å²) < 4.78 is 0. The highest BCUT2D eigenvalue weighted by Gasteiger charge is 2.29. The van der Waals surface area contributed by atoms with Crippen LogP contribution in [0.25, 0.3) is 0 Å². The van der Waals surface area contributed by atoms with E-state index in [1.54, 1.807) is 0 Å². The maximum atomic E-state index is 12.6. The van der Waals surface area contributed by atoms with E-state index < -0.39 is 0 Å². The van der Waals surface area contributed by atoms with E-state index in [-0.39, 0.29) is 11.7 Å². The van der Waals surface area contributed by atoms with Gasteiger partial charge in [-0.15, -0.1) is 0 Å². The Kier molecular flexibility index (Phi) is 5.89. The molecule has 0 atom stereocenters. The number of rotatable bonds is 4. The Morgan fingerprint density at radius 3 is 2.36 bits per heavy atom. The molecule has 136 valence electrons. The standard InChI is InChI=1S/C21H30N2O2/c1-16-8-9-17(2)19(14-16)20(24)15-22-10-12-23(13-11-22)21(25)18-6-4-3-5-7-18/h8-9,14,18H,3-7,10-13,15H2,1-2H3. The predicted octanol–water partition coefficient (Wildman–Crippen LogP) is 3.21. The smallest absolute Gasteiger partial charge is 0.225 e. The molecule has 4 heteroatoms. The first kappa shape index (κ1) is 18.1. The molecule has 0 aromatic heterocycles. The summed E-state index contributed by atoms with van der Waals surface area (Å²) in [6.07, 6.45) is 5.79. The second-order valence-corrected chi connectivity index (χ2v) is 7.68. The normalized spacial score (nSPS) is 19.8. The van der Waals surface area contributed by atoms with Gasteiger partial charge in [0.1, 0.15) is 0 Å². The van der Waals surface area contributed by atoms with Crippen molar-refractivity contribution in [3.05, 3.63) is 34.9 Å². The van der Waals surface area contributed by atoms with Gasteiger partial charge in [0.05, 0.1) is 6.54 Å². The van der Waals surface area contributed by atoms with E-state index in [1.165, 1.54) is 19.3 Å². The van der Waals surface area contributed by atoms with Crippen LogP contribution in [-0.2, 0) is 4.79 Å². The number of piperazine rings is 1. The molecule has 1 heterocycles. The van der Waals surface area contributed by atoms with Gasteiger partial charge in [-0.2, -0.15) is 0 Å². The molecule has 0 radical (unpaired) electrons. The maximum absolute atomic E-state index is 12.6. The number of ketones is 1. The largest absolute Gasteiger partial charge is 0.340 e. The molecule has 0 spiro atoms. The topological polar surface area (TPSA) is 40.6 Å². The third-order valence-corrected chi connectivity index (χ3v) is 5.70. The molecule has 1 saturated carbocycles. The molecule has 1 saturated heterocycles. The predicted molar refractivity (Wildman–Crippen MR) is 99.8 cm³/mol. The summed E-state index contributed by atoms with van der Waals surface area (Å²) in [6, 6.07) is 6.05. The SMILES string of the molecule is Cc1ccc(C)c(C(=O)CN2CCN(C(=O)C3CCCCC3)CC2)c1. The zero-order valence-electron chi connectivity index (χ0n) is 15.6. The number of carbonyl (C=O) groups excluding carboxylic acids is 2. The lowest BCUT2D eigenvalue weighted by Crippen LogP contribution is -2.51. The van der Waals surface area contributed by atoms with Gasteiger partial charge < -0.3 is 4.90 Å². The Balaban J connectivity index is 1.51. The fraction of sp³-hybridized carbons (Fsp3) is 0.619. The highest BCUT2D eigenvalue weighted by molar-refractivity contribution is 5.99. The molecule has 1 aromatic rings. The van der Waals surface area contributed by atoms with Gasteiger partial charge in [0.25, 0.3) is 0 Å². The first-order chi connectivity index (χ1) is 12.0. The van der Waals surface area contributed by atoms with Crippen molar-refractivity contribution in [3.8, 4) is 0 Å². The molecule has 25 heavy (non-hydrogen) atoms. The van der Waals surface area contributed by atoms with Crippen LogP contribution in [0.5, 0.6) is 0 Å². The Bertz CT molecular complexity index is 627. The zero-order valence-corrected chi connectivity index (χ0v) is 15.6. The summed E-state index contributed by atoms with van der Waals surface area (Å²) >= 11 is 0. The molecule has 1 aliphatic carbocycles. The molecule has 0 unspecified atom stereocenters. The number of hydrogen-bond donors (Lipinski definition) is 0. The van der Waals surface area contributed by atoms with Crippen molar-refractivity contribution in [1.29, 1.82) is 0 Å². The molecule has 2 fully saturated rings. The van der Waals surface area contributed by atoms with E-state index in [1.807, 2.05) is 36.9 Å². The van der Waals surface area contributed by atoms with Crippen LogP contribution in [-0.4, -0.2) is 54.2 Å². The van der Waals surface area contributed by atoms with E-state index in [4.69, 9.17) is 0 Å². The average Bonchev–Trinajstić information content (AvgIpc) is 2.64. The number of nitrogens with zero attached hydrogens (tertiary/aromatic N) is 2. The summed E-state index contributed by atoms with van der Waals surface area (Å²) in [4.78, 5) is 29.5. The molecule has 1 amide bonds. The van der Waals surface area contributed by atoms with Crippen LogP contribution in [0, 0.1) is 19.8 Å². The number of amides is 1. The average molecular weight is 342 g/mol. The second-order valence-electron chi connectivity index (χ2n) is 7.68. The number of carbonyl (C=O) groups is 2. The van der Waals surface area contributed by atoms with Crippen LogP contribution in [0.4, 0.5) is 0 Å². The molecule has 4 nitrogen and oxygen atoms in total. The lowest BCUT2D eigenvalue weighted by atomic mass is 9.88. The van der Waals surface area contributed by atoms with E-state index in [2.05, 4.69) is 4.90 Å². The van der Waals surface area contributed by atoms with Gasteiger partial charge in [0, 0.05) is 37.7 Å². The van der Waals surface area contributed by atoms with Gasteiger partial charge in [-0.1, -0.05) is 37.0 Å². The third kappa shape index (κ3) is 4.49. The van der Waals surface area contributed by atoms with Crippen molar-refractivity contribution < 1.29 is 9.59 Å². The highest BCUT2D eigenvalue weighted by atomic mass is 16.2. The van der Waals surface area contributed by atoms with Crippen molar-refractivity contribution in [1.82, 2.24) is 9.80 Å². The molecular formula is C21H30N2O2. The lowest BCUT2D eigenvalue weighted by Gasteiger charge is -2.37. The third-order valence-electron chi connectivity index (χ3n) is 5.70. The van der Waals surface area contributed by atoms with E-state index >= 15 is 0 Å². The maximum Gasteiger partial charge on any atom is 0.225 e. The molecule has 0 N–H and O–H groups in total. The van der Waals surface area contributed by atoms with Gasteiger partial charge in [0.15, 0.2) is 5.78 Å². The first-order valence-corrected chi connectivity index (χ1v) is 9.66. The van der Waals surface area contributed by atoms with Crippen LogP contribution in [0.3, 0.4) is 0 Å².